The maximum absolute atomic E-state index is 9.64. The maximum atomic E-state index is 9.64. The van der Waals surface area contributed by atoms with Gasteiger partial charge in [0, 0.05) is 0 Å². The second kappa shape index (κ2) is 4.95. The van der Waals surface area contributed by atoms with Crippen LogP contribution in [0.25, 0.3) is 0 Å². The van der Waals surface area contributed by atoms with Crippen LogP contribution in [0.2, 0.25) is 0 Å². The van der Waals surface area contributed by atoms with Gasteiger partial charge in [-0.3, -0.25) is 0 Å². The van der Waals surface area contributed by atoms with E-state index in [1.807, 2.05) is 0 Å². The predicted molar refractivity (Wildman–Crippen MR) is 54.6 cm³/mol. The van der Waals surface area contributed by atoms with Gasteiger partial charge in [0.15, 0.2) is 6.29 Å². The van der Waals surface area contributed by atoms with Crippen LogP contribution in [0.1, 0.15) is 20.8 Å². The highest BCUT2D eigenvalue weighted by atomic mass is 16.7. The highest BCUT2D eigenvalue weighted by molar-refractivity contribution is 4.89. The van der Waals surface area contributed by atoms with E-state index in [2.05, 4.69) is 0 Å². The van der Waals surface area contributed by atoms with Crippen LogP contribution < -0.4 is 0 Å². The molecule has 4 N–H and O–H groups in total. The lowest BCUT2D eigenvalue weighted by Crippen LogP contribution is -2.60. The van der Waals surface area contributed by atoms with Crippen molar-refractivity contribution in [2.45, 2.75) is 57.1 Å². The van der Waals surface area contributed by atoms with E-state index in [1.54, 1.807) is 20.8 Å². The molecule has 1 heterocycles. The second-order valence-electron chi connectivity index (χ2n) is 4.93. The third-order valence-electron chi connectivity index (χ3n) is 2.32. The fourth-order valence-electron chi connectivity index (χ4n) is 1.51. The van der Waals surface area contributed by atoms with E-state index in [4.69, 9.17) is 14.6 Å². The Morgan fingerprint density at radius 1 is 1.06 bits per heavy atom. The van der Waals surface area contributed by atoms with E-state index < -0.39 is 42.9 Å². The lowest BCUT2D eigenvalue weighted by atomic mass is 9.99. The smallest absolute Gasteiger partial charge is 0.187 e. The standard InChI is InChI=1S/C10H20O6/c1-10(2,3)16-9-8(14)7(13)6(12)5(4-11)15-9/h5-9,11-14H,4H2,1-3H3/t5?,6-,7?,8?,9-/m1/s1. The van der Waals surface area contributed by atoms with Gasteiger partial charge < -0.3 is 29.9 Å². The molecule has 0 aromatic rings. The zero-order valence-corrected chi connectivity index (χ0v) is 9.70. The van der Waals surface area contributed by atoms with Gasteiger partial charge in [-0.2, -0.15) is 0 Å². The van der Waals surface area contributed by atoms with Crippen LogP contribution in [-0.2, 0) is 9.47 Å². The van der Waals surface area contributed by atoms with E-state index in [-0.39, 0.29) is 0 Å². The van der Waals surface area contributed by atoms with Gasteiger partial charge in [0.2, 0.25) is 0 Å². The summed E-state index contributed by atoms with van der Waals surface area (Å²) in [4.78, 5) is 0. The van der Waals surface area contributed by atoms with Crippen molar-refractivity contribution in [3.63, 3.8) is 0 Å². The molecule has 96 valence electrons. The van der Waals surface area contributed by atoms with E-state index in [1.165, 1.54) is 0 Å². The molecule has 5 atom stereocenters. The van der Waals surface area contributed by atoms with Crippen molar-refractivity contribution >= 4 is 0 Å². The third kappa shape index (κ3) is 3.13. The van der Waals surface area contributed by atoms with Gasteiger partial charge in [0.05, 0.1) is 12.2 Å². The van der Waals surface area contributed by atoms with Crippen molar-refractivity contribution in [1.82, 2.24) is 0 Å². The molecular weight excluding hydrogens is 216 g/mol. The predicted octanol–water partition coefficient (Wildman–Crippen LogP) is -1.40. The summed E-state index contributed by atoms with van der Waals surface area (Å²) < 4.78 is 10.6. The topological polar surface area (TPSA) is 99.4 Å². The zero-order valence-electron chi connectivity index (χ0n) is 9.70. The average molecular weight is 236 g/mol. The van der Waals surface area contributed by atoms with Crippen molar-refractivity contribution in [3.05, 3.63) is 0 Å². The van der Waals surface area contributed by atoms with Crippen LogP contribution in [0, 0.1) is 0 Å². The summed E-state index contributed by atoms with van der Waals surface area (Å²) in [6, 6.07) is 0. The monoisotopic (exact) mass is 236 g/mol. The highest BCUT2D eigenvalue weighted by Gasteiger charge is 2.45. The highest BCUT2D eigenvalue weighted by Crippen LogP contribution is 2.25. The summed E-state index contributed by atoms with van der Waals surface area (Å²) in [6.07, 6.45) is -6.06. The Hall–Kier alpha value is -0.240. The van der Waals surface area contributed by atoms with Gasteiger partial charge in [0.25, 0.3) is 0 Å². The molecular formula is C10H20O6. The van der Waals surface area contributed by atoms with Crippen LogP contribution in [0.3, 0.4) is 0 Å². The minimum atomic E-state index is -1.39. The number of aliphatic hydroxyl groups excluding tert-OH is 4. The largest absolute Gasteiger partial charge is 0.394 e. The normalized spacial score (nSPS) is 41.1. The average Bonchev–Trinajstić information content (AvgIpc) is 2.17. The van der Waals surface area contributed by atoms with E-state index >= 15 is 0 Å². The summed E-state index contributed by atoms with van der Waals surface area (Å²) in [5.74, 6) is 0. The molecule has 1 rings (SSSR count). The van der Waals surface area contributed by atoms with Crippen molar-refractivity contribution in [2.24, 2.45) is 0 Å². The molecule has 1 saturated heterocycles. The molecule has 0 bridgehead atoms. The molecule has 1 aliphatic heterocycles. The molecule has 0 aliphatic carbocycles. The molecule has 0 amide bonds. The molecule has 0 radical (unpaired) electrons. The van der Waals surface area contributed by atoms with E-state index in [9.17, 15) is 15.3 Å². The molecule has 1 fully saturated rings. The molecule has 0 aromatic carbocycles. The van der Waals surface area contributed by atoms with Crippen molar-refractivity contribution < 1.29 is 29.9 Å². The first-order chi connectivity index (χ1) is 7.26. The molecule has 0 aromatic heterocycles. The van der Waals surface area contributed by atoms with Crippen LogP contribution in [0.4, 0.5) is 0 Å². The summed E-state index contributed by atoms with van der Waals surface area (Å²) >= 11 is 0. The minimum Gasteiger partial charge on any atom is -0.394 e. The molecule has 1 aliphatic rings. The van der Waals surface area contributed by atoms with Crippen LogP contribution in [-0.4, -0.2) is 63.3 Å². The second-order valence-corrected chi connectivity index (χ2v) is 4.93. The summed E-state index contributed by atoms with van der Waals surface area (Å²) in [5.41, 5.74) is -0.562. The van der Waals surface area contributed by atoms with Gasteiger partial charge >= 0.3 is 0 Å². The fraction of sp³-hybridized carbons (Fsp3) is 1.00. The van der Waals surface area contributed by atoms with Crippen molar-refractivity contribution in [2.75, 3.05) is 6.61 Å². The van der Waals surface area contributed by atoms with Gasteiger partial charge in [-0.15, -0.1) is 0 Å². The Morgan fingerprint density at radius 2 is 1.62 bits per heavy atom. The van der Waals surface area contributed by atoms with Crippen LogP contribution in [0.15, 0.2) is 0 Å². The van der Waals surface area contributed by atoms with E-state index in [0.29, 0.717) is 0 Å². The molecule has 0 saturated carbocycles. The Kier molecular flexibility index (Phi) is 4.28. The Bertz CT molecular complexity index is 224. The van der Waals surface area contributed by atoms with Crippen molar-refractivity contribution in [1.29, 1.82) is 0 Å². The summed E-state index contributed by atoms with van der Waals surface area (Å²) in [5, 5.41) is 37.6. The van der Waals surface area contributed by atoms with E-state index in [0.717, 1.165) is 0 Å². The number of ether oxygens (including phenoxy) is 2. The number of hydrogen-bond acceptors (Lipinski definition) is 6. The quantitative estimate of drug-likeness (QED) is 0.471. The first-order valence-electron chi connectivity index (χ1n) is 5.24. The first kappa shape index (κ1) is 13.8. The minimum absolute atomic E-state index is 0.449. The number of hydrogen-bond donors (Lipinski definition) is 4. The number of aliphatic hydroxyl groups is 4. The molecule has 0 spiro atoms. The van der Waals surface area contributed by atoms with Gasteiger partial charge in [-0.05, 0) is 20.8 Å². The Balaban J connectivity index is 2.71. The molecule has 6 nitrogen and oxygen atoms in total. The first-order valence-corrected chi connectivity index (χ1v) is 5.24. The lowest BCUT2D eigenvalue weighted by molar-refractivity contribution is -0.320. The lowest BCUT2D eigenvalue weighted by Gasteiger charge is -2.41. The van der Waals surface area contributed by atoms with Gasteiger partial charge in [-0.25, -0.2) is 0 Å². The Morgan fingerprint density at radius 3 is 2.06 bits per heavy atom. The fourth-order valence-corrected chi connectivity index (χ4v) is 1.51. The van der Waals surface area contributed by atoms with Gasteiger partial charge in [-0.1, -0.05) is 0 Å². The summed E-state index contributed by atoms with van der Waals surface area (Å²) in [7, 11) is 0. The molecule has 6 heteroatoms. The SMILES string of the molecule is CC(C)(C)O[C@H]1OC(CO)[C@@H](O)C(O)C1O. The van der Waals surface area contributed by atoms with Gasteiger partial charge in [0.1, 0.15) is 24.4 Å². The number of rotatable bonds is 2. The third-order valence-corrected chi connectivity index (χ3v) is 2.32. The molecule has 3 unspecified atom stereocenters. The summed E-state index contributed by atoms with van der Waals surface area (Å²) in [6.45, 7) is 4.87. The van der Waals surface area contributed by atoms with Crippen LogP contribution in [0.5, 0.6) is 0 Å². The molecule has 16 heavy (non-hydrogen) atoms. The van der Waals surface area contributed by atoms with Crippen LogP contribution >= 0.6 is 0 Å². The maximum Gasteiger partial charge on any atom is 0.187 e. The Labute approximate surface area is 94.4 Å². The van der Waals surface area contributed by atoms with Crippen molar-refractivity contribution in [3.8, 4) is 0 Å². The zero-order chi connectivity index (χ0) is 12.5.